The van der Waals surface area contributed by atoms with E-state index in [0.717, 1.165) is 56.9 Å². The minimum Gasteiger partial charge on any atom is -0.352 e. The number of nitrogens with one attached hydrogen (secondary N) is 1. The second kappa shape index (κ2) is 8.74. The second-order valence-electron chi connectivity index (χ2n) is 9.05. The van der Waals surface area contributed by atoms with E-state index in [1.54, 1.807) is 0 Å². The maximum absolute atomic E-state index is 12.5. The minimum atomic E-state index is 0.225. The first-order valence-electron chi connectivity index (χ1n) is 11.0. The van der Waals surface area contributed by atoms with Gasteiger partial charge < -0.3 is 10.2 Å². The number of piperazine rings is 1. The zero-order valence-corrected chi connectivity index (χ0v) is 16.8. The molecule has 2 bridgehead atoms. The number of amides is 1. The molecule has 1 N–H and O–H groups in total. The molecule has 27 heavy (non-hydrogen) atoms. The lowest BCUT2D eigenvalue weighted by atomic mass is 9.84. The Bertz CT molecular complexity index is 611. The number of hydrogen-bond donors (Lipinski definition) is 1. The van der Waals surface area contributed by atoms with Crippen LogP contribution in [0.25, 0.3) is 0 Å². The van der Waals surface area contributed by atoms with Crippen molar-refractivity contribution >= 4 is 5.91 Å². The van der Waals surface area contributed by atoms with Crippen molar-refractivity contribution in [3.05, 3.63) is 35.9 Å². The van der Waals surface area contributed by atoms with Crippen LogP contribution in [-0.2, 0) is 11.2 Å². The Kier molecular flexibility index (Phi) is 6.14. The molecule has 2 aliphatic carbocycles. The molecule has 1 amide bonds. The van der Waals surface area contributed by atoms with Gasteiger partial charge in [0.15, 0.2) is 0 Å². The topological polar surface area (TPSA) is 35.6 Å². The molecule has 3 fully saturated rings. The van der Waals surface area contributed by atoms with Gasteiger partial charge in [-0.3, -0.25) is 9.69 Å². The molecular weight excluding hydrogens is 334 g/mol. The lowest BCUT2D eigenvalue weighted by molar-refractivity contribution is -0.123. The molecule has 1 heterocycles. The van der Waals surface area contributed by atoms with Crippen LogP contribution in [0.5, 0.6) is 0 Å². The quantitative estimate of drug-likeness (QED) is 0.803. The predicted molar refractivity (Wildman–Crippen MR) is 110 cm³/mol. The highest BCUT2D eigenvalue weighted by Gasteiger charge is 2.42. The molecule has 148 valence electrons. The summed E-state index contributed by atoms with van der Waals surface area (Å²) in [4.78, 5) is 17.4. The number of hydrogen-bond acceptors (Lipinski definition) is 3. The fourth-order valence-corrected chi connectivity index (χ4v) is 5.62. The van der Waals surface area contributed by atoms with E-state index in [0.29, 0.717) is 12.6 Å². The summed E-state index contributed by atoms with van der Waals surface area (Å²) in [5.74, 6) is 2.77. The molecule has 1 aliphatic heterocycles. The Morgan fingerprint density at radius 3 is 2.48 bits per heavy atom. The molecule has 3 aliphatic rings. The SMILES string of the molecule is CC(NC(=O)CN1CCN(CCc2ccccc2)CC1)C1CC2CCC1C2. The summed E-state index contributed by atoms with van der Waals surface area (Å²) in [6.45, 7) is 8.06. The predicted octanol–water partition coefficient (Wildman–Crippen LogP) is 2.79. The van der Waals surface area contributed by atoms with Crippen molar-refractivity contribution in [2.75, 3.05) is 39.3 Å². The minimum absolute atomic E-state index is 0.225. The standard InChI is InChI=1S/C23H35N3O/c1-18(22-16-20-7-8-21(22)15-20)24-23(27)17-26-13-11-25(12-14-26)10-9-19-5-3-2-4-6-19/h2-6,18,20-22H,7-17H2,1H3,(H,24,27). The molecule has 0 radical (unpaired) electrons. The molecular formula is C23H35N3O. The van der Waals surface area contributed by atoms with Crippen LogP contribution < -0.4 is 5.32 Å². The molecule has 2 saturated carbocycles. The Balaban J connectivity index is 1.14. The van der Waals surface area contributed by atoms with Crippen LogP contribution in [0.1, 0.15) is 38.2 Å². The third-order valence-corrected chi connectivity index (χ3v) is 7.22. The van der Waals surface area contributed by atoms with Crippen molar-refractivity contribution in [2.45, 2.75) is 45.1 Å². The van der Waals surface area contributed by atoms with Crippen LogP contribution in [-0.4, -0.2) is 61.0 Å². The summed E-state index contributed by atoms with van der Waals surface area (Å²) < 4.78 is 0. The van der Waals surface area contributed by atoms with Crippen LogP contribution in [0.2, 0.25) is 0 Å². The summed E-state index contributed by atoms with van der Waals surface area (Å²) in [6, 6.07) is 11.1. The maximum Gasteiger partial charge on any atom is 0.234 e. The van der Waals surface area contributed by atoms with E-state index >= 15 is 0 Å². The molecule has 1 saturated heterocycles. The average Bonchev–Trinajstić information content (AvgIpc) is 3.32. The Labute approximate surface area is 164 Å². The van der Waals surface area contributed by atoms with Gasteiger partial charge in [0.25, 0.3) is 0 Å². The Hall–Kier alpha value is -1.39. The zero-order valence-electron chi connectivity index (χ0n) is 16.8. The van der Waals surface area contributed by atoms with Crippen LogP contribution >= 0.6 is 0 Å². The number of nitrogens with zero attached hydrogens (tertiary/aromatic N) is 2. The van der Waals surface area contributed by atoms with Gasteiger partial charge in [-0.25, -0.2) is 0 Å². The van der Waals surface area contributed by atoms with Gasteiger partial charge in [-0.05, 0) is 55.9 Å². The molecule has 4 heteroatoms. The third kappa shape index (κ3) is 4.91. The Morgan fingerprint density at radius 1 is 1.07 bits per heavy atom. The van der Waals surface area contributed by atoms with Gasteiger partial charge in [0, 0.05) is 38.8 Å². The van der Waals surface area contributed by atoms with Gasteiger partial charge in [-0.2, -0.15) is 0 Å². The number of carbonyl (C=O) groups is 1. The number of benzene rings is 1. The van der Waals surface area contributed by atoms with E-state index in [2.05, 4.69) is 52.4 Å². The Morgan fingerprint density at radius 2 is 1.81 bits per heavy atom. The maximum atomic E-state index is 12.5. The number of carbonyl (C=O) groups excluding carboxylic acids is 1. The highest BCUT2D eigenvalue weighted by molar-refractivity contribution is 5.78. The number of fused-ring (bicyclic) bond motifs is 2. The summed E-state index contributed by atoms with van der Waals surface area (Å²) in [7, 11) is 0. The summed E-state index contributed by atoms with van der Waals surface area (Å²) >= 11 is 0. The lowest BCUT2D eigenvalue weighted by Crippen LogP contribution is -2.51. The van der Waals surface area contributed by atoms with E-state index in [-0.39, 0.29) is 5.91 Å². The fourth-order valence-electron chi connectivity index (χ4n) is 5.62. The van der Waals surface area contributed by atoms with Crippen LogP contribution in [0, 0.1) is 17.8 Å². The van der Waals surface area contributed by atoms with Crippen molar-refractivity contribution < 1.29 is 4.79 Å². The van der Waals surface area contributed by atoms with Crippen molar-refractivity contribution in [1.82, 2.24) is 15.1 Å². The highest BCUT2D eigenvalue weighted by atomic mass is 16.2. The first-order valence-corrected chi connectivity index (χ1v) is 11.0. The van der Waals surface area contributed by atoms with Crippen LogP contribution in [0.4, 0.5) is 0 Å². The molecule has 4 atom stereocenters. The molecule has 0 aromatic heterocycles. The van der Waals surface area contributed by atoms with E-state index in [1.807, 2.05) is 0 Å². The molecule has 1 aromatic rings. The van der Waals surface area contributed by atoms with Crippen molar-refractivity contribution in [3.8, 4) is 0 Å². The van der Waals surface area contributed by atoms with E-state index in [1.165, 1.54) is 31.2 Å². The smallest absolute Gasteiger partial charge is 0.234 e. The van der Waals surface area contributed by atoms with Gasteiger partial charge in [0.2, 0.25) is 5.91 Å². The zero-order chi connectivity index (χ0) is 18.6. The van der Waals surface area contributed by atoms with Gasteiger partial charge in [-0.15, -0.1) is 0 Å². The van der Waals surface area contributed by atoms with Crippen LogP contribution in [0.15, 0.2) is 30.3 Å². The lowest BCUT2D eigenvalue weighted by Gasteiger charge is -2.35. The normalized spacial score (nSPS) is 29.7. The van der Waals surface area contributed by atoms with Gasteiger partial charge in [0.05, 0.1) is 6.54 Å². The summed E-state index contributed by atoms with van der Waals surface area (Å²) in [5.41, 5.74) is 1.41. The van der Waals surface area contributed by atoms with Crippen LogP contribution in [0.3, 0.4) is 0 Å². The molecule has 0 spiro atoms. The van der Waals surface area contributed by atoms with E-state index in [4.69, 9.17) is 0 Å². The average molecular weight is 370 g/mol. The molecule has 4 nitrogen and oxygen atoms in total. The van der Waals surface area contributed by atoms with E-state index < -0.39 is 0 Å². The molecule has 4 rings (SSSR count). The fraction of sp³-hybridized carbons (Fsp3) is 0.696. The molecule has 1 aromatic carbocycles. The number of rotatable bonds is 7. The second-order valence-corrected chi connectivity index (χ2v) is 9.05. The van der Waals surface area contributed by atoms with Crippen molar-refractivity contribution in [3.63, 3.8) is 0 Å². The van der Waals surface area contributed by atoms with E-state index in [9.17, 15) is 4.79 Å². The molecule has 4 unspecified atom stereocenters. The van der Waals surface area contributed by atoms with Gasteiger partial charge in [-0.1, -0.05) is 36.8 Å². The largest absolute Gasteiger partial charge is 0.352 e. The summed E-state index contributed by atoms with van der Waals surface area (Å²) in [6.07, 6.45) is 6.68. The van der Waals surface area contributed by atoms with Gasteiger partial charge >= 0.3 is 0 Å². The highest BCUT2D eigenvalue weighted by Crippen LogP contribution is 2.49. The van der Waals surface area contributed by atoms with Crippen molar-refractivity contribution in [1.29, 1.82) is 0 Å². The first kappa shape index (κ1) is 18.9. The van der Waals surface area contributed by atoms with Gasteiger partial charge in [0.1, 0.15) is 0 Å². The first-order chi connectivity index (χ1) is 13.2. The summed E-state index contributed by atoms with van der Waals surface area (Å²) in [5, 5.41) is 3.32. The van der Waals surface area contributed by atoms with Crippen molar-refractivity contribution in [2.24, 2.45) is 17.8 Å². The third-order valence-electron chi connectivity index (χ3n) is 7.22. The monoisotopic (exact) mass is 369 g/mol.